The number of pyridine rings is 1. The highest BCUT2D eigenvalue weighted by Gasteiger charge is 2.35. The molecule has 0 bridgehead atoms. The van der Waals surface area contributed by atoms with Crippen LogP contribution in [0, 0.1) is 11.8 Å². The first kappa shape index (κ1) is 18.1. The summed E-state index contributed by atoms with van der Waals surface area (Å²) in [5.74, 6) is 1.78. The van der Waals surface area contributed by atoms with Gasteiger partial charge in [0.2, 0.25) is 0 Å². The van der Waals surface area contributed by atoms with Crippen molar-refractivity contribution in [3.05, 3.63) is 41.7 Å². The molecule has 0 spiro atoms. The highest BCUT2D eigenvalue weighted by molar-refractivity contribution is 5.14. The second-order valence-corrected chi connectivity index (χ2v) is 8.74. The van der Waals surface area contributed by atoms with E-state index in [9.17, 15) is 0 Å². The molecule has 3 heterocycles. The van der Waals surface area contributed by atoms with Gasteiger partial charge in [0.15, 0.2) is 0 Å². The minimum Gasteiger partial charge on any atom is -0.373 e. The van der Waals surface area contributed by atoms with Gasteiger partial charge in [0.1, 0.15) is 0 Å². The predicted octanol–water partition coefficient (Wildman–Crippen LogP) is 3.13. The Balaban J connectivity index is 1.23. The van der Waals surface area contributed by atoms with Crippen molar-refractivity contribution >= 4 is 0 Å². The summed E-state index contributed by atoms with van der Waals surface area (Å²) in [6.45, 7) is 4.62. The van der Waals surface area contributed by atoms with E-state index in [0.29, 0.717) is 12.2 Å². The zero-order chi connectivity index (χ0) is 17.9. The van der Waals surface area contributed by atoms with E-state index in [1.165, 1.54) is 44.3 Å². The molecule has 1 aromatic rings. The normalized spacial score (nSPS) is 31.7. The fraction of sp³-hybridized carbons (Fsp3) is 0.682. The van der Waals surface area contributed by atoms with Gasteiger partial charge in [-0.3, -0.25) is 4.98 Å². The Morgan fingerprint density at radius 1 is 1.08 bits per heavy atom. The quantitative estimate of drug-likeness (QED) is 0.733. The number of ether oxygens (including phenoxy) is 1. The number of rotatable bonds is 6. The lowest BCUT2D eigenvalue weighted by atomic mass is 9.86. The average molecular weight is 356 g/mol. The topological polar surface area (TPSA) is 28.6 Å². The van der Waals surface area contributed by atoms with Gasteiger partial charge in [0, 0.05) is 44.5 Å². The zero-order valence-corrected chi connectivity index (χ0v) is 16.3. The van der Waals surface area contributed by atoms with Crippen LogP contribution >= 0.6 is 0 Å². The molecule has 26 heavy (non-hydrogen) atoms. The third-order valence-electron chi connectivity index (χ3n) is 6.18. The maximum Gasteiger partial charge on any atom is 0.0706 e. The molecule has 4 heteroatoms. The molecule has 0 amide bonds. The average Bonchev–Trinajstić information content (AvgIpc) is 3.22. The van der Waals surface area contributed by atoms with E-state index in [1.807, 2.05) is 6.20 Å². The number of fused-ring (bicyclic) bond motifs is 1. The Kier molecular flexibility index (Phi) is 5.72. The molecule has 1 aliphatic carbocycles. The molecule has 0 N–H and O–H groups in total. The summed E-state index contributed by atoms with van der Waals surface area (Å²) in [6.07, 6.45) is 13.4. The second-order valence-electron chi connectivity index (χ2n) is 8.74. The lowest BCUT2D eigenvalue weighted by Gasteiger charge is -2.21. The summed E-state index contributed by atoms with van der Waals surface area (Å²) in [6, 6.07) is 4.38. The monoisotopic (exact) mass is 355 g/mol. The molecule has 4 nitrogen and oxygen atoms in total. The molecule has 4 rings (SSSR count). The van der Waals surface area contributed by atoms with E-state index in [-0.39, 0.29) is 0 Å². The summed E-state index contributed by atoms with van der Waals surface area (Å²) in [7, 11) is 4.18. The van der Waals surface area contributed by atoms with Crippen LogP contribution < -0.4 is 0 Å². The van der Waals surface area contributed by atoms with Gasteiger partial charge in [0.05, 0.1) is 12.2 Å². The molecule has 3 aliphatic rings. The summed E-state index contributed by atoms with van der Waals surface area (Å²) >= 11 is 0. The van der Waals surface area contributed by atoms with Crippen molar-refractivity contribution in [3.63, 3.8) is 0 Å². The van der Waals surface area contributed by atoms with Crippen LogP contribution in [0.15, 0.2) is 30.5 Å². The third-order valence-corrected chi connectivity index (χ3v) is 6.18. The maximum absolute atomic E-state index is 6.37. The van der Waals surface area contributed by atoms with Gasteiger partial charge in [-0.1, -0.05) is 18.2 Å². The van der Waals surface area contributed by atoms with Gasteiger partial charge in [-0.15, -0.1) is 0 Å². The highest BCUT2D eigenvalue weighted by Crippen LogP contribution is 2.34. The highest BCUT2D eigenvalue weighted by atomic mass is 16.5. The Morgan fingerprint density at radius 2 is 1.81 bits per heavy atom. The van der Waals surface area contributed by atoms with Gasteiger partial charge in [0.25, 0.3) is 0 Å². The van der Waals surface area contributed by atoms with Crippen LogP contribution in [-0.2, 0) is 17.7 Å². The molecule has 0 radical (unpaired) electrons. The van der Waals surface area contributed by atoms with E-state index in [0.717, 1.165) is 37.0 Å². The van der Waals surface area contributed by atoms with E-state index in [2.05, 4.69) is 53.2 Å². The fourth-order valence-corrected chi connectivity index (χ4v) is 4.88. The molecule has 0 unspecified atom stereocenters. The molecule has 2 saturated heterocycles. The van der Waals surface area contributed by atoms with Crippen LogP contribution in [0.4, 0.5) is 0 Å². The first-order valence-corrected chi connectivity index (χ1v) is 10.3. The van der Waals surface area contributed by atoms with E-state index in [4.69, 9.17) is 4.74 Å². The van der Waals surface area contributed by atoms with Gasteiger partial charge in [-0.05, 0) is 63.2 Å². The van der Waals surface area contributed by atoms with Gasteiger partial charge in [-0.2, -0.15) is 0 Å². The summed E-state index contributed by atoms with van der Waals surface area (Å²) in [5, 5.41) is 0. The minimum absolute atomic E-state index is 0.346. The van der Waals surface area contributed by atoms with Crippen molar-refractivity contribution in [3.8, 4) is 0 Å². The molecule has 0 saturated carbocycles. The second kappa shape index (κ2) is 8.20. The molecule has 1 aromatic heterocycles. The standard InChI is InChI=1S/C22H33N3O/c1-24(2)13-17-7-8-20(23-12-17)11-21-9-10-22(26-21)16-25-14-18-5-3-4-6-19(18)15-25/h3-4,7-8,12,18-19,21-22H,5-6,9-11,13-16H2,1-2H3/t18-,19+,21-,22+/m0/s1. The van der Waals surface area contributed by atoms with Crippen LogP contribution in [0.1, 0.15) is 36.9 Å². The van der Waals surface area contributed by atoms with Crippen LogP contribution in [0.25, 0.3) is 0 Å². The summed E-state index contributed by atoms with van der Waals surface area (Å²) in [4.78, 5) is 9.48. The Labute approximate surface area is 158 Å². The van der Waals surface area contributed by atoms with Gasteiger partial charge >= 0.3 is 0 Å². The zero-order valence-electron chi connectivity index (χ0n) is 16.3. The van der Waals surface area contributed by atoms with Crippen LogP contribution in [-0.4, -0.2) is 60.7 Å². The fourth-order valence-electron chi connectivity index (χ4n) is 4.88. The lowest BCUT2D eigenvalue weighted by Crippen LogP contribution is -2.31. The van der Waals surface area contributed by atoms with Crippen LogP contribution in [0.5, 0.6) is 0 Å². The van der Waals surface area contributed by atoms with Crippen LogP contribution in [0.3, 0.4) is 0 Å². The number of hydrogen-bond acceptors (Lipinski definition) is 4. The Hall–Kier alpha value is -1.23. The smallest absolute Gasteiger partial charge is 0.0706 e. The Bertz CT molecular complexity index is 596. The third kappa shape index (κ3) is 4.54. The maximum atomic E-state index is 6.37. The SMILES string of the molecule is CN(C)Cc1ccc(C[C@@H]2CC[C@H](CN3C[C@H]4CC=CC[C@H]4C3)O2)nc1. The van der Waals surface area contributed by atoms with Crippen LogP contribution in [0.2, 0.25) is 0 Å². The molecule has 4 atom stereocenters. The number of nitrogens with zero attached hydrogens (tertiary/aromatic N) is 3. The van der Waals surface area contributed by atoms with Crippen molar-refractivity contribution < 1.29 is 4.74 Å². The van der Waals surface area contributed by atoms with E-state index >= 15 is 0 Å². The van der Waals surface area contributed by atoms with E-state index < -0.39 is 0 Å². The van der Waals surface area contributed by atoms with Crippen molar-refractivity contribution in [1.29, 1.82) is 0 Å². The number of aromatic nitrogens is 1. The van der Waals surface area contributed by atoms with Gasteiger partial charge in [-0.25, -0.2) is 0 Å². The van der Waals surface area contributed by atoms with Crippen molar-refractivity contribution in [1.82, 2.24) is 14.8 Å². The molecule has 2 aliphatic heterocycles. The first-order valence-electron chi connectivity index (χ1n) is 10.3. The number of allylic oxidation sites excluding steroid dienone is 2. The molecular formula is C22H33N3O. The Morgan fingerprint density at radius 3 is 2.46 bits per heavy atom. The lowest BCUT2D eigenvalue weighted by molar-refractivity contribution is 0.0261. The van der Waals surface area contributed by atoms with Gasteiger partial charge < -0.3 is 14.5 Å². The molecule has 142 valence electrons. The molecular weight excluding hydrogens is 322 g/mol. The largest absolute Gasteiger partial charge is 0.373 e. The molecule has 2 fully saturated rings. The minimum atomic E-state index is 0.346. The van der Waals surface area contributed by atoms with E-state index in [1.54, 1.807) is 0 Å². The number of hydrogen-bond donors (Lipinski definition) is 0. The van der Waals surface area contributed by atoms with Crippen molar-refractivity contribution in [2.75, 3.05) is 33.7 Å². The summed E-state index contributed by atoms with van der Waals surface area (Å²) in [5.41, 5.74) is 2.44. The molecule has 0 aromatic carbocycles. The van der Waals surface area contributed by atoms with Crippen molar-refractivity contribution in [2.24, 2.45) is 11.8 Å². The van der Waals surface area contributed by atoms with Crippen molar-refractivity contribution in [2.45, 2.75) is 50.9 Å². The number of likely N-dealkylation sites (tertiary alicyclic amines) is 1. The summed E-state index contributed by atoms with van der Waals surface area (Å²) < 4.78 is 6.37. The predicted molar refractivity (Wildman–Crippen MR) is 105 cm³/mol. The first-order chi connectivity index (χ1) is 12.7.